The first kappa shape index (κ1) is 10.3. The van der Waals surface area contributed by atoms with E-state index in [-0.39, 0.29) is 0 Å². The van der Waals surface area contributed by atoms with E-state index in [1.807, 2.05) is 0 Å². The van der Waals surface area contributed by atoms with E-state index in [9.17, 15) is 0 Å². The molecule has 0 radical (unpaired) electrons. The molecule has 1 heterocycles. The van der Waals surface area contributed by atoms with E-state index in [4.69, 9.17) is 0 Å². The summed E-state index contributed by atoms with van der Waals surface area (Å²) in [6, 6.07) is 0.470. The summed E-state index contributed by atoms with van der Waals surface area (Å²) < 4.78 is 2.06. The van der Waals surface area contributed by atoms with Crippen LogP contribution in [0.3, 0.4) is 0 Å². The molecule has 2 heteroatoms. The lowest BCUT2D eigenvalue weighted by Gasteiger charge is -2.04. The molecule has 0 aromatic carbocycles. The maximum Gasteiger partial charge on any atom is 0.0681 e. The smallest absolute Gasteiger partial charge is 0.0681 e. The Labute approximate surface area is 81.0 Å². The fraction of sp³-hybridized carbons (Fsp3) is 0.727. The Morgan fingerprint density at radius 2 is 1.92 bits per heavy atom. The molecule has 0 atom stereocenters. The van der Waals surface area contributed by atoms with Gasteiger partial charge in [-0.3, -0.25) is 4.68 Å². The average molecular weight is 180 g/mol. The molecular weight excluding hydrogens is 160 g/mol. The van der Waals surface area contributed by atoms with Gasteiger partial charge in [-0.25, -0.2) is 0 Å². The van der Waals surface area contributed by atoms with Crippen LogP contribution in [0.1, 0.15) is 57.8 Å². The van der Waals surface area contributed by atoms with Crippen LogP contribution in [-0.4, -0.2) is 9.78 Å². The molecule has 0 amide bonds. The molecule has 0 aliphatic rings. The van der Waals surface area contributed by atoms with Crippen molar-refractivity contribution < 1.29 is 0 Å². The van der Waals surface area contributed by atoms with Gasteiger partial charge < -0.3 is 0 Å². The second kappa shape index (κ2) is 3.95. The third-order valence-corrected chi connectivity index (χ3v) is 2.30. The van der Waals surface area contributed by atoms with Crippen LogP contribution in [-0.2, 0) is 6.42 Å². The van der Waals surface area contributed by atoms with Crippen LogP contribution < -0.4 is 0 Å². The van der Waals surface area contributed by atoms with Crippen LogP contribution in [0.2, 0.25) is 0 Å². The normalized spacial score (nSPS) is 11.6. The number of nitrogens with zero attached hydrogens (tertiary/aromatic N) is 2. The summed E-state index contributed by atoms with van der Waals surface area (Å²) in [4.78, 5) is 0. The van der Waals surface area contributed by atoms with Crippen molar-refractivity contribution in [2.24, 2.45) is 0 Å². The van der Waals surface area contributed by atoms with Crippen molar-refractivity contribution in [3.8, 4) is 0 Å². The van der Waals surface area contributed by atoms with Crippen LogP contribution in [0.4, 0.5) is 0 Å². The van der Waals surface area contributed by atoms with Gasteiger partial charge in [0.05, 0.1) is 5.69 Å². The molecular formula is C11H20N2. The largest absolute Gasteiger partial charge is 0.270 e. The molecule has 1 aromatic rings. The maximum atomic E-state index is 4.60. The Hall–Kier alpha value is -0.790. The Morgan fingerprint density at radius 3 is 2.23 bits per heavy atom. The Kier molecular flexibility index (Phi) is 3.12. The minimum absolute atomic E-state index is 0.470. The fourth-order valence-electron chi connectivity index (χ4n) is 1.47. The predicted octanol–water partition coefficient (Wildman–Crippen LogP) is 3.15. The predicted molar refractivity (Wildman–Crippen MR) is 56.1 cm³/mol. The van der Waals surface area contributed by atoms with E-state index >= 15 is 0 Å². The summed E-state index contributed by atoms with van der Waals surface area (Å²) in [6.07, 6.45) is 3.26. The van der Waals surface area contributed by atoms with E-state index in [0.717, 1.165) is 6.42 Å². The second-order valence-corrected chi connectivity index (χ2v) is 4.12. The van der Waals surface area contributed by atoms with Crippen LogP contribution in [0.25, 0.3) is 0 Å². The van der Waals surface area contributed by atoms with Crippen molar-refractivity contribution in [3.63, 3.8) is 0 Å². The molecule has 0 saturated heterocycles. The molecule has 0 spiro atoms. The van der Waals surface area contributed by atoms with Crippen molar-refractivity contribution in [2.45, 2.75) is 53.0 Å². The lowest BCUT2D eigenvalue weighted by molar-refractivity contribution is 0.523. The minimum atomic E-state index is 0.470. The summed E-state index contributed by atoms with van der Waals surface area (Å²) in [5.74, 6) is 0.537. The quantitative estimate of drug-likeness (QED) is 0.698. The first-order valence-electron chi connectivity index (χ1n) is 5.14. The molecule has 0 aliphatic heterocycles. The molecule has 1 rings (SSSR count). The van der Waals surface area contributed by atoms with Gasteiger partial charge >= 0.3 is 0 Å². The lowest BCUT2D eigenvalue weighted by atomic mass is 10.1. The summed E-state index contributed by atoms with van der Waals surface area (Å²) in [5.41, 5.74) is 2.65. The van der Waals surface area contributed by atoms with Gasteiger partial charge in [0.2, 0.25) is 0 Å². The number of aromatic nitrogens is 2. The zero-order valence-corrected chi connectivity index (χ0v) is 9.33. The van der Waals surface area contributed by atoms with Crippen LogP contribution >= 0.6 is 0 Å². The van der Waals surface area contributed by atoms with Crippen molar-refractivity contribution in [1.29, 1.82) is 0 Å². The third kappa shape index (κ3) is 2.11. The molecule has 0 unspecified atom stereocenters. The highest BCUT2D eigenvalue weighted by Crippen LogP contribution is 2.19. The highest BCUT2D eigenvalue weighted by atomic mass is 15.3. The summed E-state index contributed by atoms with van der Waals surface area (Å²) in [5, 5.41) is 4.60. The zero-order chi connectivity index (χ0) is 10.0. The first-order chi connectivity index (χ1) is 6.06. The number of hydrogen-bond donors (Lipinski definition) is 0. The Bertz CT molecular complexity index is 272. The van der Waals surface area contributed by atoms with E-state index in [1.165, 1.54) is 11.3 Å². The molecule has 0 saturated carbocycles. The molecule has 1 aromatic heterocycles. The van der Waals surface area contributed by atoms with E-state index < -0.39 is 0 Å². The molecule has 0 fully saturated rings. The van der Waals surface area contributed by atoms with E-state index in [2.05, 4.69) is 50.6 Å². The van der Waals surface area contributed by atoms with E-state index in [0.29, 0.717) is 12.0 Å². The molecule has 0 aliphatic carbocycles. The highest BCUT2D eigenvalue weighted by molar-refractivity contribution is 5.20. The van der Waals surface area contributed by atoms with Crippen LogP contribution in [0.15, 0.2) is 6.20 Å². The fourth-order valence-corrected chi connectivity index (χ4v) is 1.47. The van der Waals surface area contributed by atoms with Gasteiger partial charge in [-0.2, -0.15) is 5.10 Å². The monoisotopic (exact) mass is 180 g/mol. The van der Waals surface area contributed by atoms with Crippen molar-refractivity contribution in [1.82, 2.24) is 9.78 Å². The lowest BCUT2D eigenvalue weighted by Crippen LogP contribution is -2.02. The average Bonchev–Trinajstić information content (AvgIpc) is 2.47. The Balaban J connectivity index is 3.04. The van der Waals surface area contributed by atoms with Crippen molar-refractivity contribution in [3.05, 3.63) is 17.5 Å². The van der Waals surface area contributed by atoms with E-state index in [1.54, 1.807) is 0 Å². The number of rotatable bonds is 3. The third-order valence-electron chi connectivity index (χ3n) is 2.30. The standard InChI is InChI=1S/C11H20N2/c1-6-10-7-13(9(4)5)12-11(10)8(2)3/h7-9H,6H2,1-5H3. The molecule has 13 heavy (non-hydrogen) atoms. The van der Waals surface area contributed by atoms with Gasteiger partial charge in [0, 0.05) is 12.2 Å². The minimum Gasteiger partial charge on any atom is -0.270 e. The number of hydrogen-bond acceptors (Lipinski definition) is 1. The second-order valence-electron chi connectivity index (χ2n) is 4.12. The van der Waals surface area contributed by atoms with Crippen molar-refractivity contribution in [2.75, 3.05) is 0 Å². The molecule has 0 N–H and O–H groups in total. The molecule has 2 nitrogen and oxygen atoms in total. The van der Waals surface area contributed by atoms with Crippen LogP contribution in [0.5, 0.6) is 0 Å². The van der Waals surface area contributed by atoms with Gasteiger partial charge in [-0.15, -0.1) is 0 Å². The SMILES string of the molecule is CCc1cn(C(C)C)nc1C(C)C. The zero-order valence-electron chi connectivity index (χ0n) is 9.33. The van der Waals surface area contributed by atoms with Gasteiger partial charge in [0.1, 0.15) is 0 Å². The summed E-state index contributed by atoms with van der Waals surface area (Å²) in [7, 11) is 0. The van der Waals surface area contributed by atoms with Crippen LogP contribution in [0, 0.1) is 0 Å². The number of aryl methyl sites for hydroxylation is 1. The topological polar surface area (TPSA) is 17.8 Å². The molecule has 0 bridgehead atoms. The Morgan fingerprint density at radius 1 is 1.31 bits per heavy atom. The first-order valence-corrected chi connectivity index (χ1v) is 5.14. The van der Waals surface area contributed by atoms with Gasteiger partial charge in [-0.05, 0) is 31.7 Å². The van der Waals surface area contributed by atoms with Gasteiger partial charge in [-0.1, -0.05) is 20.8 Å². The van der Waals surface area contributed by atoms with Gasteiger partial charge in [0.15, 0.2) is 0 Å². The van der Waals surface area contributed by atoms with Crippen molar-refractivity contribution >= 4 is 0 Å². The molecule has 74 valence electrons. The van der Waals surface area contributed by atoms with Gasteiger partial charge in [0.25, 0.3) is 0 Å². The summed E-state index contributed by atoms with van der Waals surface area (Å²) in [6.45, 7) is 10.9. The highest BCUT2D eigenvalue weighted by Gasteiger charge is 2.11. The maximum absolute atomic E-state index is 4.60. The summed E-state index contributed by atoms with van der Waals surface area (Å²) >= 11 is 0.